The molecular formula is C15H19F2N3O. The van der Waals surface area contributed by atoms with Crippen LogP contribution in [-0.2, 0) is 23.7 Å². The summed E-state index contributed by atoms with van der Waals surface area (Å²) in [6, 6.07) is 7.82. The Kier molecular flexibility index (Phi) is 5.41. The van der Waals surface area contributed by atoms with Crippen LogP contribution in [0.2, 0.25) is 0 Å². The van der Waals surface area contributed by atoms with E-state index in [9.17, 15) is 8.78 Å². The van der Waals surface area contributed by atoms with E-state index in [0.717, 1.165) is 5.69 Å². The van der Waals surface area contributed by atoms with E-state index in [0.29, 0.717) is 19.7 Å². The summed E-state index contributed by atoms with van der Waals surface area (Å²) in [5, 5.41) is 3.12. The Bertz CT molecular complexity index is 543. The standard InChI is InChI=1S/C15H19F2N3O/c1-21-8-7-18-9-14-10-20(12-19-14)11-15(16,17)13-5-3-2-4-6-13/h2-6,10,12,18H,7-9,11H2,1H3. The average Bonchev–Trinajstić information content (AvgIpc) is 2.91. The molecular weight excluding hydrogens is 276 g/mol. The number of nitrogens with zero attached hydrogens (tertiary/aromatic N) is 2. The van der Waals surface area contributed by atoms with Crippen molar-refractivity contribution in [1.82, 2.24) is 14.9 Å². The van der Waals surface area contributed by atoms with Crippen LogP contribution in [0.4, 0.5) is 8.78 Å². The molecule has 0 aliphatic heterocycles. The molecule has 2 rings (SSSR count). The first-order valence-electron chi connectivity index (χ1n) is 6.75. The van der Waals surface area contributed by atoms with Gasteiger partial charge in [-0.2, -0.15) is 8.78 Å². The zero-order valence-electron chi connectivity index (χ0n) is 11.9. The van der Waals surface area contributed by atoms with Crippen molar-refractivity contribution >= 4 is 0 Å². The molecule has 1 heterocycles. The van der Waals surface area contributed by atoms with Gasteiger partial charge in [-0.3, -0.25) is 0 Å². The lowest BCUT2D eigenvalue weighted by atomic mass is 10.1. The Balaban J connectivity index is 1.92. The van der Waals surface area contributed by atoms with Gasteiger partial charge in [0.05, 0.1) is 25.2 Å². The van der Waals surface area contributed by atoms with Crippen LogP contribution in [0.3, 0.4) is 0 Å². The molecule has 0 saturated carbocycles. The van der Waals surface area contributed by atoms with E-state index in [2.05, 4.69) is 10.3 Å². The number of methoxy groups -OCH3 is 1. The molecule has 0 unspecified atom stereocenters. The van der Waals surface area contributed by atoms with Gasteiger partial charge >= 0.3 is 0 Å². The number of hydrogen-bond donors (Lipinski definition) is 1. The Morgan fingerprint density at radius 2 is 2.05 bits per heavy atom. The second-order valence-corrected chi connectivity index (χ2v) is 4.78. The van der Waals surface area contributed by atoms with Crippen molar-refractivity contribution in [1.29, 1.82) is 0 Å². The molecule has 0 aliphatic carbocycles. The molecule has 4 nitrogen and oxygen atoms in total. The summed E-state index contributed by atoms with van der Waals surface area (Å²) >= 11 is 0. The fourth-order valence-electron chi connectivity index (χ4n) is 1.98. The van der Waals surface area contributed by atoms with Crippen LogP contribution in [0.25, 0.3) is 0 Å². The highest BCUT2D eigenvalue weighted by Gasteiger charge is 2.31. The second-order valence-electron chi connectivity index (χ2n) is 4.78. The molecule has 1 N–H and O–H groups in total. The number of halogens is 2. The number of aromatic nitrogens is 2. The maximum absolute atomic E-state index is 14.1. The van der Waals surface area contributed by atoms with Gasteiger partial charge in [0.2, 0.25) is 0 Å². The Morgan fingerprint density at radius 3 is 2.76 bits per heavy atom. The number of rotatable bonds is 8. The summed E-state index contributed by atoms with van der Waals surface area (Å²) < 4.78 is 34.6. The van der Waals surface area contributed by atoms with E-state index in [-0.39, 0.29) is 5.56 Å². The zero-order chi connectivity index (χ0) is 15.1. The number of imidazole rings is 1. The van der Waals surface area contributed by atoms with E-state index in [1.807, 2.05) is 0 Å². The van der Waals surface area contributed by atoms with Crippen molar-refractivity contribution < 1.29 is 13.5 Å². The third kappa shape index (κ3) is 4.61. The summed E-state index contributed by atoms with van der Waals surface area (Å²) in [7, 11) is 1.63. The van der Waals surface area contributed by atoms with Crippen molar-refractivity contribution in [2.75, 3.05) is 20.3 Å². The smallest absolute Gasteiger partial charge is 0.290 e. The average molecular weight is 295 g/mol. The van der Waals surface area contributed by atoms with Gasteiger partial charge < -0.3 is 14.6 Å². The molecule has 6 heteroatoms. The topological polar surface area (TPSA) is 39.1 Å². The molecule has 21 heavy (non-hydrogen) atoms. The number of benzene rings is 1. The molecule has 1 aromatic carbocycles. The van der Waals surface area contributed by atoms with Crippen LogP contribution in [0.1, 0.15) is 11.3 Å². The molecule has 0 aliphatic rings. The van der Waals surface area contributed by atoms with Crippen molar-refractivity contribution in [2.45, 2.75) is 19.0 Å². The Hall–Kier alpha value is -1.79. The minimum atomic E-state index is -2.91. The van der Waals surface area contributed by atoms with Crippen LogP contribution >= 0.6 is 0 Å². The molecule has 0 radical (unpaired) electrons. The van der Waals surface area contributed by atoms with Crippen LogP contribution in [-0.4, -0.2) is 29.8 Å². The molecule has 114 valence electrons. The highest BCUT2D eigenvalue weighted by molar-refractivity contribution is 5.19. The number of hydrogen-bond acceptors (Lipinski definition) is 3. The fraction of sp³-hybridized carbons (Fsp3) is 0.400. The summed E-state index contributed by atoms with van der Waals surface area (Å²) in [5.41, 5.74) is 0.744. The second kappa shape index (κ2) is 7.28. The lowest BCUT2D eigenvalue weighted by Gasteiger charge is -2.17. The van der Waals surface area contributed by atoms with Gasteiger partial charge in [-0.25, -0.2) is 4.98 Å². The SMILES string of the molecule is COCCNCc1cn(CC(F)(F)c2ccccc2)cn1. The third-order valence-corrected chi connectivity index (χ3v) is 3.05. The van der Waals surface area contributed by atoms with Crippen LogP contribution < -0.4 is 5.32 Å². The summed E-state index contributed by atoms with van der Waals surface area (Å²) in [5.74, 6) is -2.91. The third-order valence-electron chi connectivity index (χ3n) is 3.05. The van der Waals surface area contributed by atoms with Crippen LogP contribution in [0.5, 0.6) is 0 Å². The van der Waals surface area contributed by atoms with Gasteiger partial charge in [0.1, 0.15) is 0 Å². The van der Waals surface area contributed by atoms with E-state index < -0.39 is 12.5 Å². The minimum Gasteiger partial charge on any atom is -0.383 e. The Morgan fingerprint density at radius 1 is 1.29 bits per heavy atom. The van der Waals surface area contributed by atoms with Crippen LogP contribution in [0.15, 0.2) is 42.9 Å². The molecule has 2 aromatic rings. The predicted molar refractivity (Wildman–Crippen MR) is 76.1 cm³/mol. The molecule has 1 aromatic heterocycles. The van der Waals surface area contributed by atoms with Crippen molar-refractivity contribution in [3.05, 3.63) is 54.1 Å². The monoisotopic (exact) mass is 295 g/mol. The highest BCUT2D eigenvalue weighted by atomic mass is 19.3. The predicted octanol–water partition coefficient (Wildman–Crippen LogP) is 2.41. The molecule has 0 atom stereocenters. The maximum Gasteiger partial charge on any atom is 0.290 e. The number of ether oxygens (including phenoxy) is 1. The van der Waals surface area contributed by atoms with Crippen molar-refractivity contribution in [3.63, 3.8) is 0 Å². The lowest BCUT2D eigenvalue weighted by Crippen LogP contribution is -2.21. The highest BCUT2D eigenvalue weighted by Crippen LogP contribution is 2.29. The first-order chi connectivity index (χ1) is 10.1. The van der Waals surface area contributed by atoms with Crippen molar-refractivity contribution in [2.24, 2.45) is 0 Å². The molecule has 0 saturated heterocycles. The van der Waals surface area contributed by atoms with Crippen LogP contribution in [0, 0.1) is 0 Å². The van der Waals surface area contributed by atoms with Gasteiger partial charge in [-0.15, -0.1) is 0 Å². The van der Waals surface area contributed by atoms with Gasteiger partial charge in [0, 0.05) is 32.0 Å². The Labute approximate surface area is 122 Å². The van der Waals surface area contributed by atoms with E-state index >= 15 is 0 Å². The zero-order valence-corrected chi connectivity index (χ0v) is 11.9. The normalized spacial score (nSPS) is 11.8. The lowest BCUT2D eigenvalue weighted by molar-refractivity contribution is -0.0222. The first kappa shape index (κ1) is 15.6. The summed E-state index contributed by atoms with van der Waals surface area (Å²) in [6.07, 6.45) is 3.07. The minimum absolute atomic E-state index is 0.0125. The van der Waals surface area contributed by atoms with E-state index in [1.54, 1.807) is 31.5 Å². The number of alkyl halides is 2. The molecule has 0 fully saturated rings. The van der Waals surface area contributed by atoms with E-state index in [1.165, 1.54) is 23.0 Å². The van der Waals surface area contributed by atoms with E-state index in [4.69, 9.17) is 4.74 Å². The van der Waals surface area contributed by atoms with Gasteiger partial charge in [0.15, 0.2) is 0 Å². The maximum atomic E-state index is 14.1. The summed E-state index contributed by atoms with van der Waals surface area (Å²) in [4.78, 5) is 4.12. The van der Waals surface area contributed by atoms with Gasteiger partial charge in [-0.1, -0.05) is 30.3 Å². The largest absolute Gasteiger partial charge is 0.383 e. The number of nitrogens with one attached hydrogen (secondary N) is 1. The first-order valence-corrected chi connectivity index (χ1v) is 6.75. The summed E-state index contributed by atoms with van der Waals surface area (Å²) in [6.45, 7) is 1.42. The molecule has 0 spiro atoms. The van der Waals surface area contributed by atoms with Gasteiger partial charge in [0.25, 0.3) is 5.92 Å². The molecule has 0 bridgehead atoms. The molecule has 0 amide bonds. The fourth-order valence-corrected chi connectivity index (χ4v) is 1.98. The quantitative estimate of drug-likeness (QED) is 0.760. The van der Waals surface area contributed by atoms with Gasteiger partial charge in [-0.05, 0) is 0 Å². The van der Waals surface area contributed by atoms with Crippen molar-refractivity contribution in [3.8, 4) is 0 Å².